The second-order valence-corrected chi connectivity index (χ2v) is 4.48. The Kier molecular flexibility index (Phi) is 4.96. The molecular weight excluding hydrogens is 317 g/mol. The third-order valence-electron chi connectivity index (χ3n) is 2.92. The van der Waals surface area contributed by atoms with Crippen molar-refractivity contribution in [3.8, 4) is 11.4 Å². The Morgan fingerprint density at radius 3 is 2.48 bits per heavy atom. The maximum atomic E-state index is 12.4. The van der Waals surface area contributed by atoms with Crippen molar-refractivity contribution < 1.29 is 33.1 Å². The number of quaternary nitrogens is 1. The number of hydroxylamine groups is 2. The molecule has 10 heteroatoms. The molecule has 1 amide bonds. The van der Waals surface area contributed by atoms with Gasteiger partial charge in [0.05, 0.1) is 13.7 Å². The van der Waals surface area contributed by atoms with E-state index in [1.165, 1.54) is 19.2 Å². The number of aromatic nitrogens is 2. The van der Waals surface area contributed by atoms with Gasteiger partial charge in [-0.05, 0) is 5.56 Å². The van der Waals surface area contributed by atoms with Gasteiger partial charge < -0.3 is 10.3 Å². The molecule has 0 radical (unpaired) electrons. The molecule has 23 heavy (non-hydrogen) atoms. The van der Waals surface area contributed by atoms with Gasteiger partial charge in [-0.2, -0.15) is 18.2 Å². The van der Waals surface area contributed by atoms with Gasteiger partial charge in [0.25, 0.3) is 0 Å². The van der Waals surface area contributed by atoms with Crippen LogP contribution < -0.4 is 5.73 Å². The first-order chi connectivity index (χ1) is 10.8. The normalized spacial score (nSPS) is 11.5. The summed E-state index contributed by atoms with van der Waals surface area (Å²) in [5.74, 6) is -1.85. The molecule has 0 spiro atoms. The van der Waals surface area contributed by atoms with Crippen LogP contribution in [0.4, 0.5) is 13.2 Å². The summed E-state index contributed by atoms with van der Waals surface area (Å²) in [4.78, 5) is 19.8. The molecule has 1 aromatic heterocycles. The highest BCUT2D eigenvalue weighted by Crippen LogP contribution is 2.29. The van der Waals surface area contributed by atoms with Crippen molar-refractivity contribution in [2.45, 2.75) is 12.7 Å². The summed E-state index contributed by atoms with van der Waals surface area (Å²) >= 11 is 0. The van der Waals surface area contributed by atoms with E-state index >= 15 is 0 Å². The molecule has 0 aliphatic rings. The molecule has 2 rings (SSSR count). The third kappa shape index (κ3) is 4.05. The monoisotopic (exact) mass is 331 g/mol. The smallest absolute Gasteiger partial charge is 0.350 e. The van der Waals surface area contributed by atoms with Crippen LogP contribution in [-0.4, -0.2) is 34.8 Å². The fourth-order valence-corrected chi connectivity index (χ4v) is 1.76. The van der Waals surface area contributed by atoms with Gasteiger partial charge in [0.15, 0.2) is 6.54 Å². The van der Waals surface area contributed by atoms with E-state index in [0.717, 1.165) is 10.6 Å². The molecule has 0 bridgehead atoms. The molecule has 0 aliphatic heterocycles. The lowest BCUT2D eigenvalue weighted by atomic mass is 10.1. The molecule has 124 valence electrons. The van der Waals surface area contributed by atoms with Crippen LogP contribution in [0.3, 0.4) is 0 Å². The van der Waals surface area contributed by atoms with E-state index in [4.69, 9.17) is 4.84 Å². The van der Waals surface area contributed by atoms with E-state index in [9.17, 15) is 18.0 Å². The Balaban J connectivity index is 2.13. The number of hydrogen-bond acceptors (Lipinski definition) is 5. The van der Waals surface area contributed by atoms with E-state index in [1.807, 2.05) is 0 Å². The van der Waals surface area contributed by atoms with E-state index in [1.54, 1.807) is 12.1 Å². The highest BCUT2D eigenvalue weighted by molar-refractivity contribution is 5.75. The summed E-state index contributed by atoms with van der Waals surface area (Å²) in [6, 6.07) is 6.31. The number of hydrogen-bond donors (Lipinski definition) is 1. The zero-order chi connectivity index (χ0) is 17.0. The first-order valence-electron chi connectivity index (χ1n) is 6.49. The summed E-state index contributed by atoms with van der Waals surface area (Å²) in [7, 11) is 1.36. The van der Waals surface area contributed by atoms with Crippen LogP contribution in [0.25, 0.3) is 11.4 Å². The maximum absolute atomic E-state index is 12.4. The second kappa shape index (κ2) is 6.75. The highest BCUT2D eigenvalue weighted by Gasteiger charge is 2.38. The number of halogens is 3. The molecule has 7 nitrogen and oxygen atoms in total. The van der Waals surface area contributed by atoms with Gasteiger partial charge in [0.1, 0.15) is 0 Å². The minimum absolute atomic E-state index is 0.0506. The Hall–Kier alpha value is -2.46. The fourth-order valence-electron chi connectivity index (χ4n) is 1.76. The number of carbonyl (C=O) groups is 1. The second-order valence-electron chi connectivity index (χ2n) is 4.48. The Bertz CT molecular complexity index is 670. The highest BCUT2D eigenvalue weighted by atomic mass is 19.4. The molecule has 0 saturated heterocycles. The Morgan fingerprint density at radius 1 is 1.35 bits per heavy atom. The number of carbonyl (C=O) groups excluding carboxylic acids is 1. The number of amides is 1. The molecule has 3 N–H and O–H groups in total. The lowest BCUT2D eigenvalue weighted by Gasteiger charge is -2.17. The molecule has 0 aliphatic carbocycles. The molecular formula is C13H14F3N4O3+. The predicted molar refractivity (Wildman–Crippen MR) is 70.1 cm³/mol. The van der Waals surface area contributed by atoms with Gasteiger partial charge in [0.2, 0.25) is 5.82 Å². The SMILES string of the molecule is CON(Cc1ccc(-c2noc(C(F)(F)F)n2)cc1)C(=O)C[NH3+]. The molecule has 0 unspecified atom stereocenters. The van der Waals surface area contributed by atoms with Gasteiger partial charge in [0, 0.05) is 5.56 Å². The summed E-state index contributed by atoms with van der Waals surface area (Å²) in [5, 5.41) is 4.43. The largest absolute Gasteiger partial charge is 0.471 e. The number of benzene rings is 1. The summed E-state index contributed by atoms with van der Waals surface area (Å²) < 4.78 is 41.4. The molecule has 0 atom stereocenters. The van der Waals surface area contributed by atoms with Crippen LogP contribution >= 0.6 is 0 Å². The van der Waals surface area contributed by atoms with Crippen molar-refractivity contribution in [3.05, 3.63) is 35.7 Å². The summed E-state index contributed by atoms with van der Waals surface area (Å²) in [6.07, 6.45) is -4.68. The number of alkyl halides is 3. The Labute approximate surface area is 128 Å². The van der Waals surface area contributed by atoms with E-state index in [2.05, 4.69) is 20.4 Å². The van der Waals surface area contributed by atoms with Crippen LogP contribution in [0.2, 0.25) is 0 Å². The van der Waals surface area contributed by atoms with E-state index in [0.29, 0.717) is 5.56 Å². The van der Waals surface area contributed by atoms with Crippen LogP contribution in [0.1, 0.15) is 11.5 Å². The number of rotatable bonds is 5. The first-order valence-corrected chi connectivity index (χ1v) is 6.49. The van der Waals surface area contributed by atoms with E-state index in [-0.39, 0.29) is 24.8 Å². The summed E-state index contributed by atoms with van der Waals surface area (Å²) in [6.45, 7) is 0.236. The average molecular weight is 331 g/mol. The minimum Gasteiger partial charge on any atom is -0.350 e. The van der Waals surface area contributed by atoms with Crippen LogP contribution in [0.15, 0.2) is 28.8 Å². The fraction of sp³-hybridized carbons (Fsp3) is 0.308. The lowest BCUT2D eigenvalue weighted by molar-refractivity contribution is -0.361. The van der Waals surface area contributed by atoms with Gasteiger partial charge in [-0.15, -0.1) is 0 Å². The minimum atomic E-state index is -4.68. The standard InChI is InChI=1S/C13H13F3N4O3/c1-22-20(10(21)6-17)7-8-2-4-9(5-3-8)11-18-12(23-19-11)13(14,15)16/h2-5H,6-7,17H2,1H3/p+1. The van der Waals surface area contributed by atoms with Crippen LogP contribution in [-0.2, 0) is 22.4 Å². The zero-order valence-corrected chi connectivity index (χ0v) is 12.1. The Morgan fingerprint density at radius 2 is 2.00 bits per heavy atom. The first kappa shape index (κ1) is 16.9. The van der Waals surface area contributed by atoms with Crippen LogP contribution in [0.5, 0.6) is 0 Å². The quantitative estimate of drug-likeness (QED) is 0.821. The molecule has 0 saturated carbocycles. The van der Waals surface area contributed by atoms with Crippen molar-refractivity contribution in [2.24, 2.45) is 0 Å². The molecule has 2 aromatic rings. The zero-order valence-electron chi connectivity index (χ0n) is 12.1. The molecule has 0 fully saturated rings. The average Bonchev–Trinajstić information content (AvgIpc) is 3.02. The lowest BCUT2D eigenvalue weighted by Crippen LogP contribution is -2.57. The van der Waals surface area contributed by atoms with Crippen molar-refractivity contribution in [1.29, 1.82) is 0 Å². The summed E-state index contributed by atoms with van der Waals surface area (Å²) in [5.41, 5.74) is 4.56. The van der Waals surface area contributed by atoms with Crippen molar-refractivity contribution in [1.82, 2.24) is 15.2 Å². The van der Waals surface area contributed by atoms with Crippen LogP contribution in [0, 0.1) is 0 Å². The molecule has 1 aromatic carbocycles. The van der Waals surface area contributed by atoms with Gasteiger partial charge in [-0.1, -0.05) is 29.4 Å². The van der Waals surface area contributed by atoms with Crippen molar-refractivity contribution in [3.63, 3.8) is 0 Å². The van der Waals surface area contributed by atoms with Crippen molar-refractivity contribution in [2.75, 3.05) is 13.7 Å². The maximum Gasteiger partial charge on any atom is 0.471 e. The van der Waals surface area contributed by atoms with Gasteiger partial charge in [-0.25, -0.2) is 5.06 Å². The third-order valence-corrected chi connectivity index (χ3v) is 2.92. The van der Waals surface area contributed by atoms with Gasteiger partial charge in [-0.3, -0.25) is 9.63 Å². The number of nitrogens with zero attached hydrogens (tertiary/aromatic N) is 3. The molecule has 1 heterocycles. The van der Waals surface area contributed by atoms with E-state index < -0.39 is 12.1 Å². The predicted octanol–water partition coefficient (Wildman–Crippen LogP) is 0.887. The topological polar surface area (TPSA) is 96.1 Å². The van der Waals surface area contributed by atoms with Gasteiger partial charge >= 0.3 is 18.0 Å². The van der Waals surface area contributed by atoms with Crippen molar-refractivity contribution >= 4 is 5.91 Å².